The number of halogens is 1. The molecule has 0 bridgehead atoms. The average molecular weight is 253 g/mol. The van der Waals surface area contributed by atoms with Crippen molar-refractivity contribution in [3.63, 3.8) is 0 Å². The monoisotopic (exact) mass is 253 g/mol. The standard InChI is InChI=1S/C7H12INO/c1-6(10)9-5-4-7(8)2-3-7/h2-5H2,1H3,(H,9,10). The number of rotatable bonds is 3. The summed E-state index contributed by atoms with van der Waals surface area (Å²) < 4.78 is 0.542. The van der Waals surface area contributed by atoms with Crippen LogP contribution in [0.25, 0.3) is 0 Å². The average Bonchev–Trinajstić information content (AvgIpc) is 2.47. The van der Waals surface area contributed by atoms with Crippen molar-refractivity contribution in [1.29, 1.82) is 0 Å². The van der Waals surface area contributed by atoms with Crippen molar-refractivity contribution in [3.8, 4) is 0 Å². The molecule has 0 heterocycles. The predicted molar refractivity (Wildman–Crippen MR) is 49.3 cm³/mol. The SMILES string of the molecule is CC(=O)NCCC1(I)CC1. The summed E-state index contributed by atoms with van der Waals surface area (Å²) in [5.41, 5.74) is 0. The van der Waals surface area contributed by atoms with Gasteiger partial charge in [-0.1, -0.05) is 22.6 Å². The van der Waals surface area contributed by atoms with Gasteiger partial charge in [-0.05, 0) is 19.3 Å². The van der Waals surface area contributed by atoms with Crippen molar-refractivity contribution in [2.75, 3.05) is 6.54 Å². The molecule has 1 saturated carbocycles. The Hall–Kier alpha value is 0.200. The normalized spacial score (nSPS) is 20.2. The Kier molecular flexibility index (Phi) is 2.55. The molecule has 1 fully saturated rings. The van der Waals surface area contributed by atoms with Gasteiger partial charge in [-0.15, -0.1) is 0 Å². The Bertz CT molecular complexity index is 143. The summed E-state index contributed by atoms with van der Waals surface area (Å²) in [6.07, 6.45) is 3.79. The summed E-state index contributed by atoms with van der Waals surface area (Å²) >= 11 is 2.48. The van der Waals surface area contributed by atoms with E-state index in [1.54, 1.807) is 6.92 Å². The minimum absolute atomic E-state index is 0.0839. The number of alkyl halides is 1. The van der Waals surface area contributed by atoms with E-state index in [-0.39, 0.29) is 5.91 Å². The third kappa shape index (κ3) is 2.86. The van der Waals surface area contributed by atoms with Gasteiger partial charge < -0.3 is 5.32 Å². The fourth-order valence-electron chi connectivity index (χ4n) is 0.848. The van der Waals surface area contributed by atoms with Crippen LogP contribution in [0.1, 0.15) is 26.2 Å². The number of amides is 1. The van der Waals surface area contributed by atoms with Crippen LogP contribution in [0.2, 0.25) is 0 Å². The van der Waals surface area contributed by atoms with Crippen LogP contribution in [0.4, 0.5) is 0 Å². The number of hydrogen-bond acceptors (Lipinski definition) is 1. The Balaban J connectivity index is 2.00. The first kappa shape index (κ1) is 8.30. The van der Waals surface area contributed by atoms with Gasteiger partial charge in [-0.25, -0.2) is 0 Å². The molecular formula is C7H12INO. The molecular weight excluding hydrogens is 241 g/mol. The highest BCUT2D eigenvalue weighted by Crippen LogP contribution is 2.47. The minimum atomic E-state index is 0.0839. The molecule has 58 valence electrons. The van der Waals surface area contributed by atoms with Crippen molar-refractivity contribution in [2.45, 2.75) is 29.6 Å². The molecule has 0 aromatic heterocycles. The molecule has 0 atom stereocenters. The molecule has 0 spiro atoms. The van der Waals surface area contributed by atoms with Crippen molar-refractivity contribution >= 4 is 28.5 Å². The minimum Gasteiger partial charge on any atom is -0.356 e. The summed E-state index contributed by atoms with van der Waals surface area (Å²) in [6.45, 7) is 2.41. The lowest BCUT2D eigenvalue weighted by Crippen LogP contribution is -2.23. The zero-order valence-corrected chi connectivity index (χ0v) is 8.27. The summed E-state index contributed by atoms with van der Waals surface area (Å²) in [6, 6.07) is 0. The van der Waals surface area contributed by atoms with Crippen LogP contribution in [0.5, 0.6) is 0 Å². The number of carbonyl (C=O) groups excluding carboxylic acids is 1. The summed E-state index contributed by atoms with van der Waals surface area (Å²) in [4.78, 5) is 10.4. The van der Waals surface area contributed by atoms with E-state index in [0.29, 0.717) is 3.42 Å². The fraction of sp³-hybridized carbons (Fsp3) is 0.857. The largest absolute Gasteiger partial charge is 0.356 e. The van der Waals surface area contributed by atoms with Gasteiger partial charge in [0.15, 0.2) is 0 Å². The lowest BCUT2D eigenvalue weighted by Gasteiger charge is -2.05. The topological polar surface area (TPSA) is 29.1 Å². The van der Waals surface area contributed by atoms with E-state index in [9.17, 15) is 4.79 Å². The molecule has 3 heteroatoms. The lowest BCUT2D eigenvalue weighted by atomic mass is 10.3. The van der Waals surface area contributed by atoms with Gasteiger partial charge in [0, 0.05) is 16.9 Å². The van der Waals surface area contributed by atoms with E-state index in [2.05, 4.69) is 27.9 Å². The quantitative estimate of drug-likeness (QED) is 0.599. The number of nitrogens with one attached hydrogen (secondary N) is 1. The van der Waals surface area contributed by atoms with Crippen molar-refractivity contribution in [3.05, 3.63) is 0 Å². The second-order valence-corrected chi connectivity index (χ2v) is 5.17. The van der Waals surface area contributed by atoms with Gasteiger partial charge >= 0.3 is 0 Å². The summed E-state index contributed by atoms with van der Waals surface area (Å²) in [5, 5.41) is 2.80. The predicted octanol–water partition coefficient (Wildman–Crippen LogP) is 1.48. The van der Waals surface area contributed by atoms with Gasteiger partial charge in [0.05, 0.1) is 0 Å². The molecule has 0 saturated heterocycles. The van der Waals surface area contributed by atoms with Gasteiger partial charge in [-0.2, -0.15) is 0 Å². The second-order valence-electron chi connectivity index (χ2n) is 2.88. The maximum Gasteiger partial charge on any atom is 0.216 e. The Morgan fingerprint density at radius 3 is 2.70 bits per heavy atom. The first-order chi connectivity index (χ1) is 4.62. The third-order valence-electron chi connectivity index (χ3n) is 1.74. The van der Waals surface area contributed by atoms with Crippen LogP contribution < -0.4 is 5.32 Å². The molecule has 1 N–H and O–H groups in total. The molecule has 1 aliphatic carbocycles. The smallest absolute Gasteiger partial charge is 0.216 e. The Morgan fingerprint density at radius 2 is 2.30 bits per heavy atom. The van der Waals surface area contributed by atoms with Crippen LogP contribution >= 0.6 is 22.6 Å². The van der Waals surface area contributed by atoms with Gasteiger partial charge in [-0.3, -0.25) is 4.79 Å². The molecule has 2 nitrogen and oxygen atoms in total. The number of hydrogen-bond donors (Lipinski definition) is 1. The molecule has 1 aliphatic rings. The Morgan fingerprint density at radius 1 is 1.70 bits per heavy atom. The highest BCUT2D eigenvalue weighted by atomic mass is 127. The van der Waals surface area contributed by atoms with Gasteiger partial charge in [0.1, 0.15) is 0 Å². The van der Waals surface area contributed by atoms with Crippen LogP contribution in [0, 0.1) is 0 Å². The fourth-order valence-corrected chi connectivity index (χ4v) is 1.39. The summed E-state index contributed by atoms with van der Waals surface area (Å²) in [5.74, 6) is 0.0839. The van der Waals surface area contributed by atoms with Gasteiger partial charge in [0.25, 0.3) is 0 Å². The van der Waals surface area contributed by atoms with E-state index in [1.165, 1.54) is 12.8 Å². The van der Waals surface area contributed by atoms with E-state index in [1.807, 2.05) is 0 Å². The van der Waals surface area contributed by atoms with Crippen molar-refractivity contribution in [2.24, 2.45) is 0 Å². The number of carbonyl (C=O) groups is 1. The van der Waals surface area contributed by atoms with Crippen molar-refractivity contribution in [1.82, 2.24) is 5.32 Å². The molecule has 10 heavy (non-hydrogen) atoms. The van der Waals surface area contributed by atoms with Crippen LogP contribution in [-0.4, -0.2) is 15.9 Å². The van der Waals surface area contributed by atoms with E-state index in [0.717, 1.165) is 13.0 Å². The molecule has 0 aromatic carbocycles. The van der Waals surface area contributed by atoms with Crippen molar-refractivity contribution < 1.29 is 4.79 Å². The molecule has 0 radical (unpaired) electrons. The first-order valence-electron chi connectivity index (χ1n) is 3.56. The lowest BCUT2D eigenvalue weighted by molar-refractivity contribution is -0.118. The van der Waals surface area contributed by atoms with E-state index < -0.39 is 0 Å². The maximum atomic E-state index is 10.4. The van der Waals surface area contributed by atoms with Crippen LogP contribution in [-0.2, 0) is 4.79 Å². The first-order valence-corrected chi connectivity index (χ1v) is 4.64. The zero-order chi connectivity index (χ0) is 7.61. The maximum absolute atomic E-state index is 10.4. The Labute approximate surface area is 74.9 Å². The van der Waals surface area contributed by atoms with Gasteiger partial charge in [0.2, 0.25) is 5.91 Å². The molecule has 0 unspecified atom stereocenters. The molecule has 0 aromatic rings. The van der Waals surface area contributed by atoms with Crippen LogP contribution in [0.3, 0.4) is 0 Å². The van der Waals surface area contributed by atoms with E-state index in [4.69, 9.17) is 0 Å². The third-order valence-corrected chi connectivity index (χ3v) is 3.36. The van der Waals surface area contributed by atoms with E-state index >= 15 is 0 Å². The molecule has 0 aliphatic heterocycles. The highest BCUT2D eigenvalue weighted by molar-refractivity contribution is 14.1. The molecule has 1 amide bonds. The summed E-state index contributed by atoms with van der Waals surface area (Å²) in [7, 11) is 0. The second kappa shape index (κ2) is 3.07. The molecule has 1 rings (SSSR count). The van der Waals surface area contributed by atoms with Crippen LogP contribution in [0.15, 0.2) is 0 Å². The zero-order valence-electron chi connectivity index (χ0n) is 6.11. The highest BCUT2D eigenvalue weighted by Gasteiger charge is 2.38.